The van der Waals surface area contributed by atoms with Crippen LogP contribution in [0.5, 0.6) is 5.75 Å². The van der Waals surface area contributed by atoms with Gasteiger partial charge in [-0.25, -0.2) is 0 Å². The highest BCUT2D eigenvalue weighted by molar-refractivity contribution is 9.12. The molecule has 94 valence electrons. The van der Waals surface area contributed by atoms with Crippen LogP contribution in [0.15, 0.2) is 22.7 Å². The van der Waals surface area contributed by atoms with Crippen molar-refractivity contribution < 1.29 is 14.3 Å². The fraction of sp³-hybridized carbons (Fsp3) is 0.364. The number of hydrogen-bond donors (Lipinski definition) is 0. The number of carbonyl (C=O) groups is 1. The Balaban J connectivity index is 3.05. The summed E-state index contributed by atoms with van der Waals surface area (Å²) in [5.41, 5.74) is 0.870. The van der Waals surface area contributed by atoms with Gasteiger partial charge in [-0.15, -0.1) is 0 Å². The second kappa shape index (κ2) is 6.75. The van der Waals surface area contributed by atoms with Crippen LogP contribution < -0.4 is 4.74 Å². The Labute approximate surface area is 125 Å². The molecule has 0 saturated heterocycles. The lowest BCUT2D eigenvalue weighted by Gasteiger charge is -2.18. The van der Waals surface area contributed by atoms with Gasteiger partial charge in [0.1, 0.15) is 10.6 Å². The minimum Gasteiger partial charge on any atom is -0.496 e. The van der Waals surface area contributed by atoms with Gasteiger partial charge in [0.2, 0.25) is 0 Å². The Kier molecular flexibility index (Phi) is 5.95. The van der Waals surface area contributed by atoms with Crippen LogP contribution in [0, 0.1) is 0 Å². The van der Waals surface area contributed by atoms with Gasteiger partial charge in [0, 0.05) is 10.0 Å². The molecular formula is C11H11Br3O3. The van der Waals surface area contributed by atoms with E-state index in [0.29, 0.717) is 5.75 Å². The molecule has 0 bridgehead atoms. The molecule has 1 rings (SSSR count). The zero-order chi connectivity index (χ0) is 13.0. The average molecular weight is 431 g/mol. The SMILES string of the molecule is COC(=O)C(Br)C(Br)c1cc(Br)ccc1OC. The van der Waals surface area contributed by atoms with Crippen molar-refractivity contribution in [2.24, 2.45) is 0 Å². The lowest BCUT2D eigenvalue weighted by molar-refractivity contribution is -0.139. The molecule has 1 aromatic carbocycles. The first-order chi connectivity index (χ1) is 8.01. The lowest BCUT2D eigenvalue weighted by atomic mass is 10.1. The highest BCUT2D eigenvalue weighted by Gasteiger charge is 2.28. The van der Waals surface area contributed by atoms with Crippen molar-refractivity contribution in [2.45, 2.75) is 9.65 Å². The number of rotatable bonds is 4. The molecule has 0 fully saturated rings. The Bertz CT molecular complexity index is 409. The molecule has 0 heterocycles. The topological polar surface area (TPSA) is 35.5 Å². The predicted octanol–water partition coefficient (Wildman–Crippen LogP) is 3.83. The first kappa shape index (κ1) is 15.0. The monoisotopic (exact) mass is 428 g/mol. The third kappa shape index (κ3) is 3.69. The van der Waals surface area contributed by atoms with E-state index in [9.17, 15) is 4.79 Å². The zero-order valence-electron chi connectivity index (χ0n) is 9.25. The summed E-state index contributed by atoms with van der Waals surface area (Å²) < 4.78 is 10.9. The normalized spacial score (nSPS) is 13.9. The third-order valence-electron chi connectivity index (χ3n) is 2.17. The van der Waals surface area contributed by atoms with Gasteiger partial charge >= 0.3 is 5.97 Å². The first-order valence-corrected chi connectivity index (χ1v) is 7.33. The number of methoxy groups -OCH3 is 2. The van der Waals surface area contributed by atoms with Gasteiger partial charge in [-0.2, -0.15) is 0 Å². The Morgan fingerprint density at radius 3 is 2.47 bits per heavy atom. The fourth-order valence-electron chi connectivity index (χ4n) is 1.31. The minimum atomic E-state index is -0.476. The molecule has 2 atom stereocenters. The quantitative estimate of drug-likeness (QED) is 0.538. The van der Waals surface area contributed by atoms with Crippen molar-refractivity contribution in [3.63, 3.8) is 0 Å². The Hall–Kier alpha value is -0.0700. The van der Waals surface area contributed by atoms with Crippen molar-refractivity contribution in [3.8, 4) is 5.75 Å². The first-order valence-electron chi connectivity index (χ1n) is 4.70. The molecule has 3 nitrogen and oxygen atoms in total. The van der Waals surface area contributed by atoms with Crippen LogP contribution in [0.4, 0.5) is 0 Å². The zero-order valence-corrected chi connectivity index (χ0v) is 14.0. The van der Waals surface area contributed by atoms with Gasteiger partial charge in [-0.3, -0.25) is 4.79 Å². The fourth-order valence-corrected chi connectivity index (χ4v) is 2.73. The molecule has 0 saturated carbocycles. The summed E-state index contributed by atoms with van der Waals surface area (Å²) in [6.45, 7) is 0. The molecule has 0 aliphatic heterocycles. The highest BCUT2D eigenvalue weighted by Crippen LogP contribution is 2.38. The average Bonchev–Trinajstić information content (AvgIpc) is 2.35. The van der Waals surface area contributed by atoms with Crippen LogP contribution in [-0.2, 0) is 9.53 Å². The number of halogens is 3. The molecule has 0 aliphatic carbocycles. The minimum absolute atomic E-state index is 0.234. The van der Waals surface area contributed by atoms with Crippen molar-refractivity contribution in [1.29, 1.82) is 0 Å². The van der Waals surface area contributed by atoms with E-state index in [0.717, 1.165) is 10.0 Å². The van der Waals surface area contributed by atoms with E-state index < -0.39 is 4.83 Å². The van der Waals surface area contributed by atoms with E-state index in [-0.39, 0.29) is 10.8 Å². The van der Waals surface area contributed by atoms with Crippen LogP contribution in [0.25, 0.3) is 0 Å². The third-order valence-corrected chi connectivity index (χ3v) is 5.30. The molecule has 2 unspecified atom stereocenters. The summed E-state index contributed by atoms with van der Waals surface area (Å²) in [6, 6.07) is 5.61. The second-order valence-electron chi connectivity index (χ2n) is 3.21. The number of hydrogen-bond acceptors (Lipinski definition) is 3. The number of alkyl halides is 2. The Morgan fingerprint density at radius 2 is 1.94 bits per heavy atom. The number of esters is 1. The standard InChI is InChI=1S/C11H11Br3O3/c1-16-8-4-3-6(12)5-7(8)9(13)10(14)11(15)17-2/h3-5,9-10H,1-2H3. The highest BCUT2D eigenvalue weighted by atomic mass is 79.9. The number of benzene rings is 1. The molecule has 1 aromatic rings. The van der Waals surface area contributed by atoms with Gasteiger partial charge in [0.25, 0.3) is 0 Å². The van der Waals surface area contributed by atoms with E-state index in [4.69, 9.17) is 9.47 Å². The summed E-state index contributed by atoms with van der Waals surface area (Å²) in [7, 11) is 2.95. The molecule has 0 aromatic heterocycles. The Morgan fingerprint density at radius 1 is 1.29 bits per heavy atom. The van der Waals surface area contributed by atoms with Gasteiger partial charge in [0.15, 0.2) is 0 Å². The molecule has 0 spiro atoms. The molecule has 17 heavy (non-hydrogen) atoms. The van der Waals surface area contributed by atoms with Gasteiger partial charge < -0.3 is 9.47 Å². The smallest absolute Gasteiger partial charge is 0.320 e. The van der Waals surface area contributed by atoms with Crippen LogP contribution in [-0.4, -0.2) is 25.0 Å². The summed E-state index contributed by atoms with van der Waals surface area (Å²) >= 11 is 10.2. The van der Waals surface area contributed by atoms with E-state index in [1.54, 1.807) is 7.11 Å². The lowest BCUT2D eigenvalue weighted by Crippen LogP contribution is -2.20. The van der Waals surface area contributed by atoms with Crippen molar-refractivity contribution >= 4 is 53.8 Å². The molecule has 0 amide bonds. The van der Waals surface area contributed by atoms with Crippen molar-refractivity contribution in [3.05, 3.63) is 28.2 Å². The molecular weight excluding hydrogens is 420 g/mol. The van der Waals surface area contributed by atoms with Gasteiger partial charge in [0.05, 0.1) is 19.0 Å². The van der Waals surface area contributed by atoms with E-state index in [1.165, 1.54) is 7.11 Å². The molecule has 0 radical (unpaired) electrons. The van der Waals surface area contributed by atoms with Crippen LogP contribution >= 0.6 is 47.8 Å². The van der Waals surface area contributed by atoms with Crippen LogP contribution in [0.1, 0.15) is 10.4 Å². The van der Waals surface area contributed by atoms with Crippen molar-refractivity contribution in [1.82, 2.24) is 0 Å². The second-order valence-corrected chi connectivity index (χ2v) is 6.10. The number of ether oxygens (including phenoxy) is 2. The van der Waals surface area contributed by atoms with E-state index in [2.05, 4.69) is 47.8 Å². The maximum Gasteiger partial charge on any atom is 0.320 e. The van der Waals surface area contributed by atoms with Gasteiger partial charge in [-0.05, 0) is 18.2 Å². The maximum atomic E-state index is 11.5. The number of carbonyl (C=O) groups excluding carboxylic acids is 1. The van der Waals surface area contributed by atoms with Crippen molar-refractivity contribution in [2.75, 3.05) is 14.2 Å². The summed E-state index contributed by atoms with van der Waals surface area (Å²) in [4.78, 5) is 10.7. The summed E-state index contributed by atoms with van der Waals surface area (Å²) in [5, 5.41) is 0. The molecule has 6 heteroatoms. The summed E-state index contributed by atoms with van der Waals surface area (Å²) in [6.07, 6.45) is 0. The van der Waals surface area contributed by atoms with Gasteiger partial charge in [-0.1, -0.05) is 47.8 Å². The van der Waals surface area contributed by atoms with Crippen LogP contribution in [0.2, 0.25) is 0 Å². The largest absolute Gasteiger partial charge is 0.496 e. The van der Waals surface area contributed by atoms with E-state index in [1.807, 2.05) is 18.2 Å². The maximum absolute atomic E-state index is 11.5. The molecule has 0 N–H and O–H groups in total. The van der Waals surface area contributed by atoms with E-state index >= 15 is 0 Å². The van der Waals surface area contributed by atoms with Crippen LogP contribution in [0.3, 0.4) is 0 Å². The summed E-state index contributed by atoms with van der Waals surface area (Å²) in [5.74, 6) is 0.373. The predicted molar refractivity (Wildman–Crippen MR) is 77.1 cm³/mol. The molecule has 0 aliphatic rings.